The summed E-state index contributed by atoms with van der Waals surface area (Å²) in [6.45, 7) is 4.28. The van der Waals surface area contributed by atoms with Crippen molar-refractivity contribution >= 4 is 15.7 Å². The highest BCUT2D eigenvalue weighted by atomic mass is 32.2. The van der Waals surface area contributed by atoms with E-state index in [1.54, 1.807) is 24.3 Å². The molecule has 0 N–H and O–H groups in total. The third kappa shape index (κ3) is 3.74. The fraction of sp³-hybridized carbons (Fsp3) is 0.143. The van der Waals surface area contributed by atoms with Gasteiger partial charge in [0, 0.05) is 0 Å². The molecule has 0 saturated heterocycles. The Hall–Kier alpha value is -2.59. The Labute approximate surface area is 149 Å². The summed E-state index contributed by atoms with van der Waals surface area (Å²) in [5, 5.41) is 0. The summed E-state index contributed by atoms with van der Waals surface area (Å²) >= 11 is 0. The molecule has 0 heterocycles. The number of sulfonamides is 1. The van der Waals surface area contributed by atoms with E-state index in [1.807, 2.05) is 68.4 Å². The van der Waals surface area contributed by atoms with Crippen LogP contribution in [0.1, 0.15) is 16.7 Å². The summed E-state index contributed by atoms with van der Waals surface area (Å²) in [6.07, 6.45) is 0. The first-order valence-corrected chi connectivity index (χ1v) is 9.61. The Kier molecular flexibility index (Phi) is 4.91. The van der Waals surface area contributed by atoms with Crippen molar-refractivity contribution in [1.82, 2.24) is 0 Å². The first-order valence-electron chi connectivity index (χ1n) is 8.17. The van der Waals surface area contributed by atoms with Gasteiger partial charge in [0.05, 0.1) is 17.1 Å². The van der Waals surface area contributed by atoms with Crippen LogP contribution in [0.2, 0.25) is 0 Å². The molecule has 3 nitrogen and oxygen atoms in total. The highest BCUT2D eigenvalue weighted by Gasteiger charge is 2.25. The van der Waals surface area contributed by atoms with Gasteiger partial charge >= 0.3 is 0 Å². The minimum absolute atomic E-state index is 0.296. The van der Waals surface area contributed by atoms with E-state index >= 15 is 0 Å². The van der Waals surface area contributed by atoms with Crippen molar-refractivity contribution in [2.75, 3.05) is 4.31 Å². The number of anilines is 1. The molecule has 0 fully saturated rings. The summed E-state index contributed by atoms with van der Waals surface area (Å²) in [5.74, 6) is 0. The second kappa shape index (κ2) is 7.11. The molecule has 128 valence electrons. The molecule has 4 heteroatoms. The van der Waals surface area contributed by atoms with Crippen LogP contribution in [-0.2, 0) is 16.6 Å². The van der Waals surface area contributed by atoms with Crippen LogP contribution in [0.25, 0.3) is 0 Å². The maximum atomic E-state index is 13.3. The number of nitrogens with zero attached hydrogens (tertiary/aromatic N) is 1. The zero-order chi connectivity index (χ0) is 17.9. The summed E-state index contributed by atoms with van der Waals surface area (Å²) in [4.78, 5) is 0.296. The van der Waals surface area contributed by atoms with Crippen LogP contribution in [0.4, 0.5) is 5.69 Å². The monoisotopic (exact) mass is 351 g/mol. The summed E-state index contributed by atoms with van der Waals surface area (Å²) in [5.41, 5.74) is 3.82. The molecule has 0 aliphatic heterocycles. The van der Waals surface area contributed by atoms with Gasteiger partial charge in [-0.2, -0.15) is 0 Å². The van der Waals surface area contributed by atoms with Gasteiger partial charge in [-0.1, -0.05) is 60.2 Å². The number of aryl methyl sites for hydroxylation is 2. The molecule has 25 heavy (non-hydrogen) atoms. The minimum atomic E-state index is -3.65. The first-order chi connectivity index (χ1) is 12.0. The predicted octanol–water partition coefficient (Wildman–Crippen LogP) is 4.70. The maximum Gasteiger partial charge on any atom is 0.264 e. The van der Waals surface area contributed by atoms with Crippen molar-refractivity contribution in [3.05, 3.63) is 95.6 Å². The third-order valence-corrected chi connectivity index (χ3v) is 6.02. The van der Waals surface area contributed by atoms with Gasteiger partial charge in [0.25, 0.3) is 10.0 Å². The zero-order valence-electron chi connectivity index (χ0n) is 14.4. The molecule has 3 rings (SSSR count). The molecule has 0 amide bonds. The van der Waals surface area contributed by atoms with Crippen molar-refractivity contribution in [2.24, 2.45) is 0 Å². The number of rotatable bonds is 5. The lowest BCUT2D eigenvalue weighted by Crippen LogP contribution is -2.30. The normalized spacial score (nSPS) is 11.3. The average Bonchev–Trinajstić information content (AvgIpc) is 2.62. The van der Waals surface area contributed by atoms with Crippen molar-refractivity contribution in [3.8, 4) is 0 Å². The molecule has 0 saturated carbocycles. The van der Waals surface area contributed by atoms with Gasteiger partial charge in [0.15, 0.2) is 0 Å². The Morgan fingerprint density at radius 2 is 1.36 bits per heavy atom. The van der Waals surface area contributed by atoms with Gasteiger partial charge in [-0.05, 0) is 49.2 Å². The molecule has 3 aromatic rings. The molecule has 0 radical (unpaired) electrons. The lowest BCUT2D eigenvalue weighted by molar-refractivity contribution is 0.590. The topological polar surface area (TPSA) is 37.4 Å². The summed E-state index contributed by atoms with van der Waals surface area (Å²) in [6, 6.07) is 24.0. The van der Waals surface area contributed by atoms with Crippen LogP contribution in [0, 0.1) is 13.8 Å². The summed E-state index contributed by atoms with van der Waals surface area (Å²) < 4.78 is 28.0. The van der Waals surface area contributed by atoms with E-state index < -0.39 is 10.0 Å². The van der Waals surface area contributed by atoms with Gasteiger partial charge in [-0.25, -0.2) is 8.42 Å². The van der Waals surface area contributed by atoms with E-state index in [2.05, 4.69) is 0 Å². The standard InChI is InChI=1S/C21H21NO2S/c1-17-12-14-20(15-13-17)22(16-19-9-7-6-8-18(19)2)25(23,24)21-10-4-3-5-11-21/h3-15H,16H2,1-2H3. The number of benzene rings is 3. The molecule has 0 aliphatic carbocycles. The molecular weight excluding hydrogens is 330 g/mol. The average molecular weight is 351 g/mol. The lowest BCUT2D eigenvalue weighted by Gasteiger charge is -2.25. The van der Waals surface area contributed by atoms with Crippen LogP contribution < -0.4 is 4.31 Å². The Balaban J connectivity index is 2.09. The van der Waals surface area contributed by atoms with Crippen LogP contribution in [0.5, 0.6) is 0 Å². The molecule has 0 aromatic heterocycles. The largest absolute Gasteiger partial charge is 0.264 e. The molecule has 0 atom stereocenters. The smallest absolute Gasteiger partial charge is 0.262 e. The van der Waals surface area contributed by atoms with Gasteiger partial charge < -0.3 is 0 Å². The molecule has 0 unspecified atom stereocenters. The quantitative estimate of drug-likeness (QED) is 0.668. The fourth-order valence-corrected chi connectivity index (χ4v) is 4.15. The van der Waals surface area contributed by atoms with Crippen molar-refractivity contribution in [1.29, 1.82) is 0 Å². The zero-order valence-corrected chi connectivity index (χ0v) is 15.2. The highest BCUT2D eigenvalue weighted by Crippen LogP contribution is 2.27. The second-order valence-corrected chi connectivity index (χ2v) is 7.95. The van der Waals surface area contributed by atoms with E-state index in [9.17, 15) is 8.42 Å². The predicted molar refractivity (Wildman–Crippen MR) is 102 cm³/mol. The van der Waals surface area contributed by atoms with Crippen LogP contribution in [-0.4, -0.2) is 8.42 Å². The highest BCUT2D eigenvalue weighted by molar-refractivity contribution is 7.92. The Morgan fingerprint density at radius 1 is 0.760 bits per heavy atom. The van der Waals surface area contributed by atoms with Crippen LogP contribution >= 0.6 is 0 Å². The van der Waals surface area contributed by atoms with E-state index in [-0.39, 0.29) is 0 Å². The van der Waals surface area contributed by atoms with E-state index in [1.165, 1.54) is 4.31 Å². The van der Waals surface area contributed by atoms with Crippen molar-refractivity contribution in [2.45, 2.75) is 25.3 Å². The van der Waals surface area contributed by atoms with E-state index in [4.69, 9.17) is 0 Å². The molecular formula is C21H21NO2S. The van der Waals surface area contributed by atoms with Crippen LogP contribution in [0.3, 0.4) is 0 Å². The Bertz CT molecular complexity index is 949. The van der Waals surface area contributed by atoms with Gasteiger partial charge in [-0.3, -0.25) is 4.31 Å². The first kappa shape index (κ1) is 17.2. The SMILES string of the molecule is Cc1ccc(N(Cc2ccccc2C)S(=O)(=O)c2ccccc2)cc1. The minimum Gasteiger partial charge on any atom is -0.262 e. The lowest BCUT2D eigenvalue weighted by atomic mass is 10.1. The molecule has 0 aliphatic rings. The number of hydrogen-bond acceptors (Lipinski definition) is 2. The van der Waals surface area contributed by atoms with E-state index in [0.29, 0.717) is 17.1 Å². The summed E-state index contributed by atoms with van der Waals surface area (Å²) in [7, 11) is -3.65. The van der Waals surface area contributed by atoms with Gasteiger partial charge in [-0.15, -0.1) is 0 Å². The van der Waals surface area contributed by atoms with Gasteiger partial charge in [0.2, 0.25) is 0 Å². The van der Waals surface area contributed by atoms with Crippen molar-refractivity contribution < 1.29 is 8.42 Å². The fourth-order valence-electron chi connectivity index (χ4n) is 2.69. The second-order valence-electron chi connectivity index (χ2n) is 6.09. The molecule has 3 aromatic carbocycles. The van der Waals surface area contributed by atoms with Gasteiger partial charge in [0.1, 0.15) is 0 Å². The third-order valence-electron chi connectivity index (χ3n) is 4.23. The Morgan fingerprint density at radius 3 is 2.00 bits per heavy atom. The molecule has 0 bridgehead atoms. The van der Waals surface area contributed by atoms with Crippen molar-refractivity contribution in [3.63, 3.8) is 0 Å². The van der Waals surface area contributed by atoms with Crippen LogP contribution in [0.15, 0.2) is 83.8 Å². The molecule has 0 spiro atoms. The number of hydrogen-bond donors (Lipinski definition) is 0. The van der Waals surface area contributed by atoms with E-state index in [0.717, 1.165) is 16.7 Å². The maximum absolute atomic E-state index is 13.3.